The van der Waals surface area contributed by atoms with Gasteiger partial charge in [0.25, 0.3) is 5.91 Å². The van der Waals surface area contributed by atoms with Gasteiger partial charge in [-0.2, -0.15) is 4.39 Å². The van der Waals surface area contributed by atoms with Crippen molar-refractivity contribution in [3.8, 4) is 0 Å². The third kappa shape index (κ3) is 4.74. The Morgan fingerprint density at radius 2 is 1.88 bits per heavy atom. The molecule has 0 spiro atoms. The van der Waals surface area contributed by atoms with E-state index in [4.69, 9.17) is 16.3 Å². The molecule has 0 fully saturated rings. The number of nitro groups is 1. The summed E-state index contributed by atoms with van der Waals surface area (Å²) in [5.41, 5.74) is -0.558. The number of halogens is 2. The first kappa shape index (κ1) is 18.3. The van der Waals surface area contributed by atoms with Gasteiger partial charge in [0.15, 0.2) is 6.10 Å². The summed E-state index contributed by atoms with van der Waals surface area (Å²) in [6.45, 7) is 1.33. The van der Waals surface area contributed by atoms with Crippen molar-refractivity contribution < 1.29 is 23.6 Å². The van der Waals surface area contributed by atoms with Crippen molar-refractivity contribution in [1.82, 2.24) is 0 Å². The summed E-state index contributed by atoms with van der Waals surface area (Å²) >= 11 is 5.72. The Balaban J connectivity index is 2.03. The molecule has 1 N–H and O–H groups in total. The topological polar surface area (TPSA) is 98.5 Å². The van der Waals surface area contributed by atoms with Crippen molar-refractivity contribution in [2.75, 3.05) is 5.32 Å². The van der Waals surface area contributed by atoms with Crippen LogP contribution in [0.4, 0.5) is 15.8 Å². The predicted molar refractivity (Wildman–Crippen MR) is 88.0 cm³/mol. The summed E-state index contributed by atoms with van der Waals surface area (Å²) in [5.74, 6) is -2.47. The Labute approximate surface area is 146 Å². The van der Waals surface area contributed by atoms with Crippen LogP contribution < -0.4 is 5.32 Å². The summed E-state index contributed by atoms with van der Waals surface area (Å²) < 4.78 is 18.3. The number of anilines is 1. The second-order valence-electron chi connectivity index (χ2n) is 4.97. The molecule has 0 heterocycles. The average Bonchev–Trinajstić information content (AvgIpc) is 2.56. The van der Waals surface area contributed by atoms with Crippen LogP contribution in [-0.2, 0) is 9.53 Å². The highest BCUT2D eigenvalue weighted by atomic mass is 35.5. The quantitative estimate of drug-likeness (QED) is 0.495. The summed E-state index contributed by atoms with van der Waals surface area (Å²) in [6, 6.07) is 8.78. The van der Waals surface area contributed by atoms with Crippen molar-refractivity contribution in [3.05, 3.63) is 69.0 Å². The van der Waals surface area contributed by atoms with Crippen LogP contribution in [0, 0.1) is 15.9 Å². The fourth-order valence-electron chi connectivity index (χ4n) is 1.84. The van der Waals surface area contributed by atoms with E-state index in [1.807, 2.05) is 0 Å². The molecule has 9 heteroatoms. The number of carbonyl (C=O) groups is 2. The maximum absolute atomic E-state index is 13.3. The minimum absolute atomic E-state index is 0.00694. The van der Waals surface area contributed by atoms with E-state index in [0.29, 0.717) is 5.02 Å². The van der Waals surface area contributed by atoms with Crippen molar-refractivity contribution >= 4 is 34.9 Å². The average molecular weight is 367 g/mol. The molecule has 25 heavy (non-hydrogen) atoms. The molecule has 0 aliphatic rings. The van der Waals surface area contributed by atoms with E-state index in [0.717, 1.165) is 18.2 Å². The standard InChI is InChI=1S/C16H12ClFN2O5/c1-9(25-16(22)10-2-4-11(17)5-3-10)15(21)19-12-6-7-13(18)14(8-12)20(23)24/h2-9H,1H3,(H,19,21). The van der Waals surface area contributed by atoms with Crippen molar-refractivity contribution in [2.45, 2.75) is 13.0 Å². The third-order valence-electron chi connectivity index (χ3n) is 3.14. The SMILES string of the molecule is CC(OC(=O)c1ccc(Cl)cc1)C(=O)Nc1ccc(F)c([N+](=O)[O-])c1. The zero-order valence-electron chi connectivity index (χ0n) is 12.9. The lowest BCUT2D eigenvalue weighted by Gasteiger charge is -2.13. The molecule has 0 aliphatic carbocycles. The number of nitrogens with one attached hydrogen (secondary N) is 1. The highest BCUT2D eigenvalue weighted by Gasteiger charge is 2.21. The van der Waals surface area contributed by atoms with Crippen LogP contribution in [0.2, 0.25) is 5.02 Å². The van der Waals surface area contributed by atoms with Crippen molar-refractivity contribution in [3.63, 3.8) is 0 Å². The highest BCUT2D eigenvalue weighted by Crippen LogP contribution is 2.22. The van der Waals surface area contributed by atoms with Crippen LogP contribution in [-0.4, -0.2) is 22.9 Å². The molecular formula is C16H12ClFN2O5. The maximum atomic E-state index is 13.3. The Hall–Kier alpha value is -3.00. The third-order valence-corrected chi connectivity index (χ3v) is 3.40. The molecule has 2 aromatic carbocycles. The Bertz CT molecular complexity index is 826. The molecule has 2 rings (SSSR count). The minimum atomic E-state index is -1.17. The van der Waals surface area contributed by atoms with Crippen LogP contribution in [0.1, 0.15) is 17.3 Å². The van der Waals surface area contributed by atoms with Crippen molar-refractivity contribution in [1.29, 1.82) is 0 Å². The number of nitrogens with zero attached hydrogens (tertiary/aromatic N) is 1. The molecule has 0 aromatic heterocycles. The normalized spacial score (nSPS) is 11.5. The molecule has 2 aromatic rings. The number of amides is 1. The monoisotopic (exact) mass is 366 g/mol. The number of rotatable bonds is 5. The van der Waals surface area contributed by atoms with Gasteiger partial charge >= 0.3 is 11.7 Å². The number of esters is 1. The van der Waals surface area contributed by atoms with Crippen LogP contribution in [0.15, 0.2) is 42.5 Å². The van der Waals surface area contributed by atoms with E-state index >= 15 is 0 Å². The van der Waals surface area contributed by atoms with Gasteiger partial charge in [-0.3, -0.25) is 14.9 Å². The maximum Gasteiger partial charge on any atom is 0.338 e. The van der Waals surface area contributed by atoms with Gasteiger partial charge < -0.3 is 10.1 Å². The van der Waals surface area contributed by atoms with Crippen LogP contribution in [0.25, 0.3) is 0 Å². The lowest BCUT2D eigenvalue weighted by Crippen LogP contribution is -2.30. The van der Waals surface area contributed by atoms with E-state index < -0.39 is 34.4 Å². The van der Waals surface area contributed by atoms with Gasteiger partial charge in [0.05, 0.1) is 10.5 Å². The second kappa shape index (κ2) is 7.71. The number of hydrogen-bond donors (Lipinski definition) is 1. The molecule has 0 radical (unpaired) electrons. The molecule has 130 valence electrons. The first-order valence-corrected chi connectivity index (χ1v) is 7.37. The Kier molecular flexibility index (Phi) is 5.66. The van der Waals surface area contributed by atoms with Crippen molar-refractivity contribution in [2.24, 2.45) is 0 Å². The number of hydrogen-bond acceptors (Lipinski definition) is 5. The van der Waals surface area contributed by atoms with Crippen LogP contribution in [0.5, 0.6) is 0 Å². The summed E-state index contributed by atoms with van der Waals surface area (Å²) in [7, 11) is 0. The Morgan fingerprint density at radius 3 is 2.48 bits per heavy atom. The van der Waals surface area contributed by atoms with Gasteiger partial charge in [-0.05, 0) is 43.3 Å². The largest absolute Gasteiger partial charge is 0.449 e. The van der Waals surface area contributed by atoms with Gasteiger partial charge in [0, 0.05) is 16.8 Å². The van der Waals surface area contributed by atoms with E-state index in [2.05, 4.69) is 5.32 Å². The van der Waals surface area contributed by atoms with Gasteiger partial charge in [0.1, 0.15) is 0 Å². The number of nitro benzene ring substituents is 1. The summed E-state index contributed by atoms with van der Waals surface area (Å²) in [4.78, 5) is 33.7. The summed E-state index contributed by atoms with van der Waals surface area (Å²) in [5, 5.41) is 13.5. The number of ether oxygens (including phenoxy) is 1. The van der Waals surface area contributed by atoms with E-state index in [1.54, 1.807) is 0 Å². The van der Waals surface area contributed by atoms with Gasteiger partial charge in [-0.15, -0.1) is 0 Å². The lowest BCUT2D eigenvalue weighted by atomic mass is 10.2. The number of benzene rings is 2. The van der Waals surface area contributed by atoms with Gasteiger partial charge in [-0.1, -0.05) is 11.6 Å². The molecule has 0 aliphatic heterocycles. The lowest BCUT2D eigenvalue weighted by molar-refractivity contribution is -0.387. The minimum Gasteiger partial charge on any atom is -0.449 e. The van der Waals surface area contributed by atoms with Gasteiger partial charge in [0.2, 0.25) is 5.82 Å². The highest BCUT2D eigenvalue weighted by molar-refractivity contribution is 6.30. The van der Waals surface area contributed by atoms with E-state index in [9.17, 15) is 24.1 Å². The molecular weight excluding hydrogens is 355 g/mol. The fourth-order valence-corrected chi connectivity index (χ4v) is 1.97. The molecule has 7 nitrogen and oxygen atoms in total. The number of carbonyl (C=O) groups excluding carboxylic acids is 2. The molecule has 1 atom stereocenters. The van der Waals surface area contributed by atoms with E-state index in [-0.39, 0.29) is 11.3 Å². The summed E-state index contributed by atoms with van der Waals surface area (Å²) in [6.07, 6.45) is -1.17. The molecule has 1 amide bonds. The molecule has 1 unspecified atom stereocenters. The van der Waals surface area contributed by atoms with Gasteiger partial charge in [-0.25, -0.2) is 4.79 Å². The van der Waals surface area contributed by atoms with Crippen LogP contribution in [0.3, 0.4) is 0 Å². The second-order valence-corrected chi connectivity index (χ2v) is 5.40. The first-order chi connectivity index (χ1) is 11.8. The van der Waals surface area contributed by atoms with Crippen LogP contribution >= 0.6 is 11.6 Å². The molecule has 0 saturated heterocycles. The predicted octanol–water partition coefficient (Wildman–Crippen LogP) is 3.57. The van der Waals surface area contributed by atoms with E-state index in [1.165, 1.54) is 31.2 Å². The Morgan fingerprint density at radius 1 is 1.24 bits per heavy atom. The molecule has 0 saturated carbocycles. The first-order valence-electron chi connectivity index (χ1n) is 6.99. The zero-order valence-corrected chi connectivity index (χ0v) is 13.6. The smallest absolute Gasteiger partial charge is 0.338 e. The fraction of sp³-hybridized carbons (Fsp3) is 0.125. The molecule has 0 bridgehead atoms. The zero-order chi connectivity index (χ0) is 18.6.